The second-order valence-corrected chi connectivity index (χ2v) is 5.60. The average molecular weight is 320 g/mol. The van der Waals surface area contributed by atoms with Gasteiger partial charge in [-0.2, -0.15) is 13.2 Å². The van der Waals surface area contributed by atoms with E-state index in [4.69, 9.17) is 0 Å². The molecule has 2 aromatic rings. The van der Waals surface area contributed by atoms with Gasteiger partial charge in [0.15, 0.2) is 0 Å². The molecule has 0 unspecified atom stereocenters. The van der Waals surface area contributed by atoms with E-state index in [1.54, 1.807) is 0 Å². The molecule has 2 amide bonds. The molecule has 0 aromatic heterocycles. The number of carbonyl (C=O) groups excluding carboxylic acids is 1. The molecule has 2 N–H and O–H groups in total. The number of rotatable bonds is 3. The van der Waals surface area contributed by atoms with E-state index < -0.39 is 17.8 Å². The van der Waals surface area contributed by atoms with Crippen LogP contribution in [0.2, 0.25) is 0 Å². The van der Waals surface area contributed by atoms with Crippen LogP contribution >= 0.6 is 0 Å². The number of carbonyl (C=O) groups is 1. The van der Waals surface area contributed by atoms with Crippen molar-refractivity contribution in [3.63, 3.8) is 0 Å². The highest BCUT2D eigenvalue weighted by Crippen LogP contribution is 2.45. The molecule has 3 nitrogen and oxygen atoms in total. The number of hydrogen-bond donors (Lipinski definition) is 2. The fourth-order valence-corrected chi connectivity index (χ4v) is 2.49. The fraction of sp³-hybridized carbons (Fsp3) is 0.235. The van der Waals surface area contributed by atoms with Crippen LogP contribution in [0.25, 0.3) is 0 Å². The summed E-state index contributed by atoms with van der Waals surface area (Å²) in [6.45, 7) is 0. The molecule has 1 saturated carbocycles. The number of hydrogen-bond acceptors (Lipinski definition) is 1. The van der Waals surface area contributed by atoms with Crippen molar-refractivity contribution in [2.45, 2.75) is 24.6 Å². The molecular weight excluding hydrogens is 305 g/mol. The highest BCUT2D eigenvalue weighted by atomic mass is 19.4. The standard InChI is InChI=1S/C17H15F3N2O/c18-17(19,20)13-6-8-14(9-7-13)21-15(23)22-16(10-11-16)12-4-2-1-3-5-12/h1-9H,10-11H2,(H2,21,22,23). The lowest BCUT2D eigenvalue weighted by Gasteiger charge is -2.18. The number of nitrogens with one attached hydrogen (secondary N) is 2. The third-order valence-corrected chi connectivity index (χ3v) is 3.90. The van der Waals surface area contributed by atoms with Crippen LogP contribution in [0.15, 0.2) is 54.6 Å². The van der Waals surface area contributed by atoms with Gasteiger partial charge < -0.3 is 10.6 Å². The minimum absolute atomic E-state index is 0.319. The van der Waals surface area contributed by atoms with E-state index in [9.17, 15) is 18.0 Å². The van der Waals surface area contributed by atoms with Crippen molar-refractivity contribution in [3.8, 4) is 0 Å². The summed E-state index contributed by atoms with van der Waals surface area (Å²) in [5.41, 5.74) is 0.241. The molecular formula is C17H15F3N2O. The molecule has 0 bridgehead atoms. The number of alkyl halides is 3. The first kappa shape index (κ1) is 15.4. The van der Waals surface area contributed by atoms with E-state index in [0.29, 0.717) is 5.69 Å². The quantitative estimate of drug-likeness (QED) is 0.858. The highest BCUT2D eigenvalue weighted by molar-refractivity contribution is 5.90. The van der Waals surface area contributed by atoms with Crippen molar-refractivity contribution in [2.75, 3.05) is 5.32 Å². The Hall–Kier alpha value is -2.50. The maximum atomic E-state index is 12.5. The highest BCUT2D eigenvalue weighted by Gasteiger charge is 2.45. The van der Waals surface area contributed by atoms with Crippen molar-refractivity contribution in [2.24, 2.45) is 0 Å². The molecule has 2 aromatic carbocycles. The molecule has 1 fully saturated rings. The molecule has 0 radical (unpaired) electrons. The average Bonchev–Trinajstić information content (AvgIpc) is 3.28. The van der Waals surface area contributed by atoms with Gasteiger partial charge in [0, 0.05) is 5.69 Å². The summed E-state index contributed by atoms with van der Waals surface area (Å²) in [5.74, 6) is 0. The molecule has 3 rings (SSSR count). The predicted octanol–water partition coefficient (Wildman–Crippen LogP) is 4.52. The Balaban J connectivity index is 1.64. The SMILES string of the molecule is O=C(Nc1ccc(C(F)(F)F)cc1)NC1(c2ccccc2)CC1. The van der Waals surface area contributed by atoms with Gasteiger partial charge in [-0.1, -0.05) is 30.3 Å². The summed E-state index contributed by atoms with van der Waals surface area (Å²) >= 11 is 0. The number of benzene rings is 2. The Morgan fingerprint density at radius 2 is 1.57 bits per heavy atom. The smallest absolute Gasteiger partial charge is 0.328 e. The molecule has 120 valence electrons. The predicted molar refractivity (Wildman–Crippen MR) is 81.0 cm³/mol. The monoisotopic (exact) mass is 320 g/mol. The van der Waals surface area contributed by atoms with Gasteiger partial charge in [-0.05, 0) is 42.7 Å². The lowest BCUT2D eigenvalue weighted by Crippen LogP contribution is -2.38. The van der Waals surface area contributed by atoms with Crippen LogP contribution < -0.4 is 10.6 Å². The van der Waals surface area contributed by atoms with E-state index in [1.807, 2.05) is 30.3 Å². The normalized spacial score (nSPS) is 15.8. The van der Waals surface area contributed by atoms with Gasteiger partial charge in [0.05, 0.1) is 11.1 Å². The van der Waals surface area contributed by atoms with Crippen molar-refractivity contribution in [1.29, 1.82) is 0 Å². The fourth-order valence-electron chi connectivity index (χ4n) is 2.49. The number of amides is 2. The van der Waals surface area contributed by atoms with Crippen LogP contribution in [0.1, 0.15) is 24.0 Å². The first-order valence-corrected chi connectivity index (χ1v) is 7.21. The molecule has 0 spiro atoms. The summed E-state index contributed by atoms with van der Waals surface area (Å²) in [6.07, 6.45) is -2.69. The summed E-state index contributed by atoms with van der Waals surface area (Å²) in [6, 6.07) is 13.6. The van der Waals surface area contributed by atoms with Gasteiger partial charge in [-0.15, -0.1) is 0 Å². The van der Waals surface area contributed by atoms with E-state index >= 15 is 0 Å². The van der Waals surface area contributed by atoms with Gasteiger partial charge in [0.25, 0.3) is 0 Å². The van der Waals surface area contributed by atoms with Crippen molar-refractivity contribution in [1.82, 2.24) is 5.32 Å². The van der Waals surface area contributed by atoms with E-state index in [2.05, 4.69) is 10.6 Å². The molecule has 0 aliphatic heterocycles. The van der Waals surface area contributed by atoms with Crippen LogP contribution in [0.5, 0.6) is 0 Å². The third kappa shape index (κ3) is 3.47. The zero-order valence-electron chi connectivity index (χ0n) is 12.2. The summed E-state index contributed by atoms with van der Waals surface area (Å²) in [7, 11) is 0. The molecule has 0 heterocycles. The topological polar surface area (TPSA) is 41.1 Å². The molecule has 0 atom stereocenters. The molecule has 23 heavy (non-hydrogen) atoms. The maximum Gasteiger partial charge on any atom is 0.416 e. The lowest BCUT2D eigenvalue weighted by molar-refractivity contribution is -0.137. The lowest BCUT2D eigenvalue weighted by atomic mass is 10.1. The van der Waals surface area contributed by atoms with E-state index in [0.717, 1.165) is 30.5 Å². The van der Waals surface area contributed by atoms with Crippen molar-refractivity contribution in [3.05, 3.63) is 65.7 Å². The summed E-state index contributed by atoms with van der Waals surface area (Å²) in [5, 5.41) is 5.47. The number of anilines is 1. The van der Waals surface area contributed by atoms with Crippen LogP contribution in [-0.2, 0) is 11.7 Å². The number of urea groups is 1. The van der Waals surface area contributed by atoms with E-state index in [-0.39, 0.29) is 5.54 Å². The summed E-state index contributed by atoms with van der Waals surface area (Å²) < 4.78 is 37.5. The Morgan fingerprint density at radius 3 is 2.09 bits per heavy atom. The van der Waals surface area contributed by atoms with E-state index in [1.165, 1.54) is 12.1 Å². The minimum atomic E-state index is -4.38. The summed E-state index contributed by atoms with van der Waals surface area (Å²) in [4.78, 5) is 12.1. The second-order valence-electron chi connectivity index (χ2n) is 5.60. The Kier molecular flexibility index (Phi) is 3.75. The van der Waals surface area contributed by atoms with Gasteiger partial charge in [-0.3, -0.25) is 0 Å². The Morgan fingerprint density at radius 1 is 0.957 bits per heavy atom. The van der Waals surface area contributed by atoms with Crippen LogP contribution in [-0.4, -0.2) is 6.03 Å². The third-order valence-electron chi connectivity index (χ3n) is 3.90. The largest absolute Gasteiger partial charge is 0.416 e. The van der Waals surface area contributed by atoms with Crippen LogP contribution in [0.3, 0.4) is 0 Å². The zero-order chi connectivity index (χ0) is 16.5. The maximum absolute atomic E-state index is 12.5. The van der Waals surface area contributed by atoms with Gasteiger partial charge in [0.2, 0.25) is 0 Å². The molecule has 6 heteroatoms. The van der Waals surface area contributed by atoms with Gasteiger partial charge >= 0.3 is 12.2 Å². The number of halogens is 3. The molecule has 1 aliphatic carbocycles. The molecule has 0 saturated heterocycles. The van der Waals surface area contributed by atoms with Crippen LogP contribution in [0, 0.1) is 0 Å². The van der Waals surface area contributed by atoms with Crippen molar-refractivity contribution < 1.29 is 18.0 Å². The second kappa shape index (κ2) is 5.61. The Labute approximate surface area is 131 Å². The van der Waals surface area contributed by atoms with Crippen LogP contribution in [0.4, 0.5) is 23.7 Å². The first-order chi connectivity index (χ1) is 10.9. The van der Waals surface area contributed by atoms with Gasteiger partial charge in [0.1, 0.15) is 0 Å². The molecule has 1 aliphatic rings. The minimum Gasteiger partial charge on any atom is -0.328 e. The van der Waals surface area contributed by atoms with Gasteiger partial charge in [-0.25, -0.2) is 4.79 Å². The van der Waals surface area contributed by atoms with Crippen molar-refractivity contribution >= 4 is 11.7 Å². The first-order valence-electron chi connectivity index (χ1n) is 7.21. The zero-order valence-corrected chi connectivity index (χ0v) is 12.2. The Bertz CT molecular complexity index is 692.